The Bertz CT molecular complexity index is 327. The number of piperidine rings is 1. The molecule has 2 fully saturated rings. The van der Waals surface area contributed by atoms with Crippen molar-refractivity contribution < 1.29 is 15.0 Å². The van der Waals surface area contributed by atoms with E-state index < -0.39 is 11.6 Å². The van der Waals surface area contributed by atoms with Crippen molar-refractivity contribution in [3.05, 3.63) is 0 Å². The van der Waals surface area contributed by atoms with Gasteiger partial charge in [0.1, 0.15) is 0 Å². The molecule has 5 heteroatoms. The molecule has 2 N–H and O–H groups in total. The number of rotatable bonds is 1. The summed E-state index contributed by atoms with van der Waals surface area (Å²) < 4.78 is 0. The summed E-state index contributed by atoms with van der Waals surface area (Å²) in [6.45, 7) is 7.48. The second kappa shape index (κ2) is 4.70. The van der Waals surface area contributed by atoms with Crippen molar-refractivity contribution in [3.8, 4) is 0 Å². The van der Waals surface area contributed by atoms with Gasteiger partial charge in [0, 0.05) is 18.1 Å². The van der Waals surface area contributed by atoms with Crippen molar-refractivity contribution in [1.29, 1.82) is 0 Å². The van der Waals surface area contributed by atoms with Gasteiger partial charge in [-0.3, -0.25) is 9.80 Å². The van der Waals surface area contributed by atoms with Gasteiger partial charge in [0.15, 0.2) is 0 Å². The van der Waals surface area contributed by atoms with Gasteiger partial charge >= 0.3 is 6.09 Å². The van der Waals surface area contributed by atoms with Crippen molar-refractivity contribution in [2.75, 3.05) is 13.1 Å². The van der Waals surface area contributed by atoms with E-state index in [0.29, 0.717) is 13.0 Å². The number of aliphatic hydroxyl groups excluding tert-OH is 1. The molecule has 0 radical (unpaired) electrons. The van der Waals surface area contributed by atoms with E-state index in [1.54, 1.807) is 4.90 Å². The molecule has 2 heterocycles. The highest BCUT2D eigenvalue weighted by Gasteiger charge is 2.45. The predicted molar refractivity (Wildman–Crippen MR) is 68.6 cm³/mol. The minimum atomic E-state index is -0.851. The number of hydrogen-bond donors (Lipinski definition) is 2. The number of aliphatic hydroxyl groups is 1. The quantitative estimate of drug-likeness (QED) is 0.743. The van der Waals surface area contributed by atoms with Crippen molar-refractivity contribution in [2.24, 2.45) is 0 Å². The van der Waals surface area contributed by atoms with Crippen LogP contribution >= 0.6 is 0 Å². The Kier molecular flexibility index (Phi) is 3.56. The van der Waals surface area contributed by atoms with Gasteiger partial charge < -0.3 is 10.2 Å². The van der Waals surface area contributed by atoms with Crippen LogP contribution in [0.15, 0.2) is 0 Å². The fourth-order valence-corrected chi connectivity index (χ4v) is 3.49. The van der Waals surface area contributed by atoms with Crippen LogP contribution in [0.4, 0.5) is 4.79 Å². The van der Waals surface area contributed by atoms with E-state index >= 15 is 0 Å². The third-order valence-electron chi connectivity index (χ3n) is 4.08. The maximum absolute atomic E-state index is 11.6. The average molecular weight is 256 g/mol. The molecule has 0 spiro atoms. The molecule has 104 valence electrons. The second-order valence-electron chi connectivity index (χ2n) is 6.48. The zero-order chi connectivity index (χ0) is 13.5. The Morgan fingerprint density at radius 1 is 1.39 bits per heavy atom. The molecule has 0 bridgehead atoms. The minimum Gasteiger partial charge on any atom is -0.465 e. The Labute approximate surface area is 108 Å². The van der Waals surface area contributed by atoms with Gasteiger partial charge in [-0.25, -0.2) is 4.79 Å². The van der Waals surface area contributed by atoms with E-state index in [4.69, 9.17) is 0 Å². The number of nitrogens with zero attached hydrogens (tertiary/aromatic N) is 2. The fraction of sp³-hybridized carbons (Fsp3) is 0.923. The third kappa shape index (κ3) is 2.47. The number of amides is 1. The molecule has 0 aromatic carbocycles. The number of carboxylic acid groups (broad SMARTS) is 1. The number of carbonyl (C=O) groups is 1. The molecule has 2 unspecified atom stereocenters. The van der Waals surface area contributed by atoms with Crippen LogP contribution in [-0.2, 0) is 0 Å². The standard InChI is InChI=1S/C13H24N2O3/c1-13(2,3)15(12(17)18)10-5-4-6-14-8-9(16)7-11(10)14/h9-11,16H,4-8H2,1-3H3,(H,17,18)/t9-,10?,11?/m0/s1. The minimum absolute atomic E-state index is 0.00778. The first-order chi connectivity index (χ1) is 8.30. The molecule has 0 aromatic heterocycles. The van der Waals surface area contributed by atoms with Crippen LogP contribution in [0.1, 0.15) is 40.0 Å². The Balaban J connectivity index is 2.22. The summed E-state index contributed by atoms with van der Waals surface area (Å²) in [4.78, 5) is 15.4. The molecule has 2 aliphatic heterocycles. The van der Waals surface area contributed by atoms with Crippen LogP contribution in [0, 0.1) is 0 Å². The van der Waals surface area contributed by atoms with Gasteiger partial charge in [0.05, 0.1) is 12.1 Å². The molecule has 5 nitrogen and oxygen atoms in total. The first kappa shape index (κ1) is 13.6. The first-order valence-electron chi connectivity index (χ1n) is 6.75. The van der Waals surface area contributed by atoms with Gasteiger partial charge in [0.2, 0.25) is 0 Å². The highest BCUT2D eigenvalue weighted by atomic mass is 16.4. The van der Waals surface area contributed by atoms with Crippen LogP contribution in [-0.4, -0.2) is 62.9 Å². The number of hydrogen-bond acceptors (Lipinski definition) is 3. The lowest BCUT2D eigenvalue weighted by Crippen LogP contribution is -2.59. The van der Waals surface area contributed by atoms with E-state index in [0.717, 1.165) is 19.4 Å². The van der Waals surface area contributed by atoms with E-state index in [9.17, 15) is 15.0 Å². The van der Waals surface area contributed by atoms with Crippen LogP contribution in [0.3, 0.4) is 0 Å². The summed E-state index contributed by atoms with van der Waals surface area (Å²) in [6, 6.07) is 0.192. The topological polar surface area (TPSA) is 64.0 Å². The second-order valence-corrected chi connectivity index (χ2v) is 6.48. The maximum atomic E-state index is 11.6. The summed E-state index contributed by atoms with van der Waals surface area (Å²) in [5.74, 6) is 0. The van der Waals surface area contributed by atoms with Gasteiger partial charge in [-0.2, -0.15) is 0 Å². The molecule has 18 heavy (non-hydrogen) atoms. The molecule has 2 rings (SSSR count). The van der Waals surface area contributed by atoms with Gasteiger partial charge in [-0.15, -0.1) is 0 Å². The molecular formula is C13H24N2O3. The lowest BCUT2D eigenvalue weighted by Gasteiger charge is -2.47. The number of fused-ring (bicyclic) bond motifs is 1. The maximum Gasteiger partial charge on any atom is 0.408 e. The monoisotopic (exact) mass is 256 g/mol. The predicted octanol–water partition coefficient (Wildman–Crippen LogP) is 1.36. The molecule has 3 atom stereocenters. The van der Waals surface area contributed by atoms with Crippen LogP contribution in [0.5, 0.6) is 0 Å². The van der Waals surface area contributed by atoms with Crippen molar-refractivity contribution in [1.82, 2.24) is 9.80 Å². The van der Waals surface area contributed by atoms with Crippen molar-refractivity contribution >= 4 is 6.09 Å². The Morgan fingerprint density at radius 2 is 2.06 bits per heavy atom. The summed E-state index contributed by atoms with van der Waals surface area (Å²) in [5.41, 5.74) is -0.396. The first-order valence-corrected chi connectivity index (χ1v) is 6.75. The summed E-state index contributed by atoms with van der Waals surface area (Å²) in [7, 11) is 0. The Morgan fingerprint density at radius 3 is 2.61 bits per heavy atom. The Hall–Kier alpha value is -0.810. The van der Waals surface area contributed by atoms with E-state index in [2.05, 4.69) is 4.90 Å². The molecule has 2 aliphatic rings. The third-order valence-corrected chi connectivity index (χ3v) is 4.08. The zero-order valence-electron chi connectivity index (χ0n) is 11.5. The largest absolute Gasteiger partial charge is 0.465 e. The molecule has 0 aliphatic carbocycles. The SMILES string of the molecule is CC(C)(C)N(C(=O)O)C1CCCN2C[C@@H](O)CC12. The molecule has 0 saturated carbocycles. The average Bonchev–Trinajstić information content (AvgIpc) is 2.56. The van der Waals surface area contributed by atoms with Crippen molar-refractivity contribution in [3.63, 3.8) is 0 Å². The lowest BCUT2D eigenvalue weighted by molar-refractivity contribution is 0.0159. The summed E-state index contributed by atoms with van der Waals surface area (Å²) in [5, 5.41) is 19.3. The van der Waals surface area contributed by atoms with Gasteiger partial charge in [-0.1, -0.05) is 0 Å². The normalized spacial score (nSPS) is 33.2. The smallest absolute Gasteiger partial charge is 0.408 e. The molecule has 1 amide bonds. The van der Waals surface area contributed by atoms with Gasteiger partial charge in [0.25, 0.3) is 0 Å². The van der Waals surface area contributed by atoms with E-state index in [1.165, 1.54) is 0 Å². The van der Waals surface area contributed by atoms with Crippen LogP contribution in [0.2, 0.25) is 0 Å². The van der Waals surface area contributed by atoms with Gasteiger partial charge in [-0.05, 0) is 46.6 Å². The van der Waals surface area contributed by atoms with E-state index in [-0.39, 0.29) is 18.2 Å². The van der Waals surface area contributed by atoms with Crippen LogP contribution in [0.25, 0.3) is 0 Å². The van der Waals surface area contributed by atoms with Crippen LogP contribution < -0.4 is 0 Å². The fourth-order valence-electron chi connectivity index (χ4n) is 3.49. The molecular weight excluding hydrogens is 232 g/mol. The highest BCUT2D eigenvalue weighted by molar-refractivity contribution is 5.66. The highest BCUT2D eigenvalue weighted by Crippen LogP contribution is 2.33. The van der Waals surface area contributed by atoms with Crippen molar-refractivity contribution in [2.45, 2.75) is 63.8 Å². The zero-order valence-corrected chi connectivity index (χ0v) is 11.5. The molecule has 2 saturated heterocycles. The van der Waals surface area contributed by atoms with E-state index in [1.807, 2.05) is 20.8 Å². The molecule has 0 aromatic rings. The lowest BCUT2D eigenvalue weighted by atomic mass is 9.91. The summed E-state index contributed by atoms with van der Waals surface area (Å²) in [6.07, 6.45) is 1.46. The summed E-state index contributed by atoms with van der Waals surface area (Å²) >= 11 is 0.